The topological polar surface area (TPSA) is 38.7 Å². The van der Waals surface area contributed by atoms with E-state index in [1.54, 1.807) is 0 Å². The maximum atomic E-state index is 11.3. The van der Waals surface area contributed by atoms with Crippen molar-refractivity contribution in [2.75, 3.05) is 6.61 Å². The molecule has 1 N–H and O–H groups in total. The Morgan fingerprint density at radius 3 is 1.66 bits per heavy atom. The van der Waals surface area contributed by atoms with E-state index in [1.807, 2.05) is 13.0 Å². The Morgan fingerprint density at radius 2 is 1.29 bits per heavy atom. The number of rotatable bonds is 15. The molecule has 5 atom stereocenters. The second-order valence-electron chi connectivity index (χ2n) is 12.2. The van der Waals surface area contributed by atoms with Crippen molar-refractivity contribution in [3.05, 3.63) is 73.3 Å². The molecule has 212 valence electrons. The minimum absolute atomic E-state index is 0.00171. The lowest BCUT2D eigenvalue weighted by molar-refractivity contribution is -0.0218. The van der Waals surface area contributed by atoms with Gasteiger partial charge in [0.15, 0.2) is 8.32 Å². The van der Waals surface area contributed by atoms with Gasteiger partial charge in [-0.2, -0.15) is 0 Å². The van der Waals surface area contributed by atoms with Crippen molar-refractivity contribution in [1.82, 2.24) is 0 Å². The minimum Gasteiger partial charge on any atom is -0.413 e. The van der Waals surface area contributed by atoms with Crippen LogP contribution in [0.1, 0.15) is 62.3 Å². The first-order valence-electron chi connectivity index (χ1n) is 14.7. The molecule has 0 unspecified atom stereocenters. The van der Waals surface area contributed by atoms with E-state index in [0.29, 0.717) is 6.61 Å². The molecule has 38 heavy (non-hydrogen) atoms. The maximum absolute atomic E-state index is 11.3. The lowest BCUT2D eigenvalue weighted by Crippen LogP contribution is -2.67. The highest BCUT2D eigenvalue weighted by Crippen LogP contribution is 2.38. The largest absolute Gasteiger partial charge is 0.413 e. The third-order valence-electron chi connectivity index (χ3n) is 8.83. The standard InChI is InChI=1S/C33H54O3Si2/c1-11-26(5)31(34)28(7)32(36-37(12-2,13-3)14-4)27(6)25-35-38(33(8,9)10,29-21-17-15-18-22-29)30-23-19-16-20-24-30/h11,15-24,26-28,31-32,34H,1,12-14,25H2,2-10H3/t26-,27-,28+,31-,32-/m1/s1. The van der Waals surface area contributed by atoms with Crippen LogP contribution in [0.3, 0.4) is 0 Å². The van der Waals surface area contributed by atoms with E-state index in [-0.39, 0.29) is 28.9 Å². The van der Waals surface area contributed by atoms with Gasteiger partial charge in [-0.25, -0.2) is 0 Å². The zero-order valence-electron chi connectivity index (χ0n) is 25.5. The van der Waals surface area contributed by atoms with Gasteiger partial charge < -0.3 is 14.0 Å². The Balaban J connectivity index is 2.54. The van der Waals surface area contributed by atoms with Crippen molar-refractivity contribution >= 4 is 27.0 Å². The van der Waals surface area contributed by atoms with E-state index in [4.69, 9.17) is 8.85 Å². The summed E-state index contributed by atoms with van der Waals surface area (Å²) in [5.41, 5.74) is 0. The van der Waals surface area contributed by atoms with E-state index in [2.05, 4.69) is 123 Å². The Kier molecular flexibility index (Phi) is 12.2. The van der Waals surface area contributed by atoms with Crippen LogP contribution >= 0.6 is 0 Å². The predicted molar refractivity (Wildman–Crippen MR) is 169 cm³/mol. The van der Waals surface area contributed by atoms with Crippen molar-refractivity contribution in [3.8, 4) is 0 Å². The van der Waals surface area contributed by atoms with Gasteiger partial charge in [0.25, 0.3) is 8.32 Å². The molecule has 2 aromatic carbocycles. The molecule has 2 aromatic rings. The summed E-state index contributed by atoms with van der Waals surface area (Å²) >= 11 is 0. The normalized spacial score (nSPS) is 16.9. The molecule has 0 aliphatic carbocycles. The third-order valence-corrected chi connectivity index (χ3v) is 18.5. The molecule has 0 aliphatic rings. The van der Waals surface area contributed by atoms with Crippen LogP contribution in [-0.4, -0.2) is 40.6 Å². The van der Waals surface area contributed by atoms with E-state index < -0.39 is 22.7 Å². The Morgan fingerprint density at radius 1 is 0.842 bits per heavy atom. The van der Waals surface area contributed by atoms with Crippen molar-refractivity contribution in [2.24, 2.45) is 17.8 Å². The molecule has 0 radical (unpaired) electrons. The molecule has 0 heterocycles. The van der Waals surface area contributed by atoms with Gasteiger partial charge in [0.1, 0.15) is 0 Å². The molecule has 0 amide bonds. The molecule has 0 saturated carbocycles. The first-order chi connectivity index (χ1) is 17.9. The fourth-order valence-corrected chi connectivity index (χ4v) is 13.6. The van der Waals surface area contributed by atoms with Crippen LogP contribution in [0.15, 0.2) is 73.3 Å². The van der Waals surface area contributed by atoms with Crippen LogP contribution in [0.25, 0.3) is 0 Å². The maximum Gasteiger partial charge on any atom is 0.261 e. The van der Waals surface area contributed by atoms with Gasteiger partial charge in [-0.3, -0.25) is 0 Å². The Bertz CT molecular complexity index is 905. The van der Waals surface area contributed by atoms with Crippen molar-refractivity contribution in [2.45, 2.75) is 97.7 Å². The summed E-state index contributed by atoms with van der Waals surface area (Å²) in [5, 5.41) is 13.8. The molecular weight excluding hydrogens is 501 g/mol. The van der Waals surface area contributed by atoms with Crippen LogP contribution < -0.4 is 10.4 Å². The van der Waals surface area contributed by atoms with Gasteiger partial charge in [-0.05, 0) is 33.5 Å². The highest BCUT2D eigenvalue weighted by Gasteiger charge is 2.51. The zero-order chi connectivity index (χ0) is 28.6. The first kappa shape index (κ1) is 32.7. The summed E-state index contributed by atoms with van der Waals surface area (Å²) in [6.07, 6.45) is 1.26. The summed E-state index contributed by atoms with van der Waals surface area (Å²) in [6.45, 7) is 24.7. The van der Waals surface area contributed by atoms with Gasteiger partial charge in [0.2, 0.25) is 0 Å². The third kappa shape index (κ3) is 7.16. The number of aliphatic hydroxyl groups excluding tert-OH is 1. The van der Waals surface area contributed by atoms with Crippen molar-refractivity contribution in [1.29, 1.82) is 0 Å². The van der Waals surface area contributed by atoms with Gasteiger partial charge in [-0.1, -0.05) is 129 Å². The average molecular weight is 555 g/mol. The van der Waals surface area contributed by atoms with E-state index in [9.17, 15) is 5.11 Å². The quantitative estimate of drug-likeness (QED) is 0.184. The van der Waals surface area contributed by atoms with Crippen molar-refractivity contribution < 1.29 is 14.0 Å². The SMILES string of the molecule is C=C[C@@H](C)[C@@H](O)[C@H](C)[C@H](O[Si](CC)(CC)CC)[C@H](C)CO[Si](c1ccccc1)(c1ccccc1)C(C)(C)C. The number of aliphatic hydroxyl groups is 1. The molecule has 0 bridgehead atoms. The summed E-state index contributed by atoms with van der Waals surface area (Å²) in [7, 11) is -4.57. The van der Waals surface area contributed by atoms with Crippen LogP contribution in [0.4, 0.5) is 0 Å². The molecule has 0 spiro atoms. The van der Waals surface area contributed by atoms with Crippen LogP contribution in [0.5, 0.6) is 0 Å². The predicted octanol–water partition coefficient (Wildman–Crippen LogP) is 7.41. The van der Waals surface area contributed by atoms with Crippen LogP contribution in [-0.2, 0) is 8.85 Å². The number of benzene rings is 2. The molecule has 2 rings (SSSR count). The second kappa shape index (κ2) is 14.2. The van der Waals surface area contributed by atoms with Crippen LogP contribution in [0.2, 0.25) is 23.2 Å². The highest BCUT2D eigenvalue weighted by molar-refractivity contribution is 6.99. The fraction of sp³-hybridized carbons (Fsp3) is 0.576. The molecular formula is C33H54O3Si2. The molecule has 0 saturated heterocycles. The lowest BCUT2D eigenvalue weighted by Gasteiger charge is -2.45. The second-order valence-corrected chi connectivity index (χ2v) is 21.3. The highest BCUT2D eigenvalue weighted by atomic mass is 28.4. The summed E-state index contributed by atoms with van der Waals surface area (Å²) in [6, 6.07) is 24.9. The molecule has 5 heteroatoms. The molecule has 0 fully saturated rings. The summed E-state index contributed by atoms with van der Waals surface area (Å²) in [5.74, 6) is 0.0916. The number of hydrogen-bond donors (Lipinski definition) is 1. The van der Waals surface area contributed by atoms with Gasteiger partial charge in [-0.15, -0.1) is 6.58 Å². The fourth-order valence-electron chi connectivity index (χ4n) is 5.96. The van der Waals surface area contributed by atoms with E-state index in [1.165, 1.54) is 10.4 Å². The minimum atomic E-state index is -2.66. The van der Waals surface area contributed by atoms with Crippen LogP contribution in [0, 0.1) is 17.8 Å². The lowest BCUT2D eigenvalue weighted by atomic mass is 9.84. The molecule has 0 aliphatic heterocycles. The van der Waals surface area contributed by atoms with Crippen molar-refractivity contribution in [3.63, 3.8) is 0 Å². The Hall–Kier alpha value is -1.51. The monoisotopic (exact) mass is 554 g/mol. The Labute approximate surface area is 235 Å². The van der Waals surface area contributed by atoms with Gasteiger partial charge >= 0.3 is 0 Å². The molecule has 0 aromatic heterocycles. The first-order valence-corrected chi connectivity index (χ1v) is 19.1. The van der Waals surface area contributed by atoms with Gasteiger partial charge in [0.05, 0.1) is 12.2 Å². The number of hydrogen-bond acceptors (Lipinski definition) is 3. The average Bonchev–Trinajstić information content (AvgIpc) is 2.93. The van der Waals surface area contributed by atoms with E-state index in [0.717, 1.165) is 18.1 Å². The summed E-state index contributed by atoms with van der Waals surface area (Å²) in [4.78, 5) is 0. The smallest absolute Gasteiger partial charge is 0.261 e. The molecule has 3 nitrogen and oxygen atoms in total. The van der Waals surface area contributed by atoms with Gasteiger partial charge in [0, 0.05) is 24.4 Å². The zero-order valence-corrected chi connectivity index (χ0v) is 27.5. The van der Waals surface area contributed by atoms with E-state index >= 15 is 0 Å². The summed E-state index contributed by atoms with van der Waals surface area (Å²) < 4.78 is 14.5.